The largest absolute Gasteiger partial charge is 0.478 e. The molecule has 0 aliphatic carbocycles. The van der Waals surface area contributed by atoms with Crippen molar-refractivity contribution in [2.75, 3.05) is 5.75 Å². The Morgan fingerprint density at radius 3 is 2.57 bits per heavy atom. The monoisotopic (exact) mass is 313 g/mol. The summed E-state index contributed by atoms with van der Waals surface area (Å²) >= 11 is 0. The van der Waals surface area contributed by atoms with Crippen molar-refractivity contribution < 1.29 is 18.3 Å². The maximum atomic E-state index is 11.8. The van der Waals surface area contributed by atoms with Crippen LogP contribution in [0.3, 0.4) is 0 Å². The van der Waals surface area contributed by atoms with Gasteiger partial charge >= 0.3 is 17.1 Å². The summed E-state index contributed by atoms with van der Waals surface area (Å²) in [4.78, 5) is 36.5. The number of aromatic carboxylic acids is 1. The first kappa shape index (κ1) is 14.9. The van der Waals surface area contributed by atoms with Crippen molar-refractivity contribution in [2.24, 2.45) is 5.14 Å². The van der Waals surface area contributed by atoms with Crippen LogP contribution in [0.2, 0.25) is 0 Å². The first-order valence-electron chi connectivity index (χ1n) is 5.70. The third kappa shape index (κ3) is 3.17. The van der Waals surface area contributed by atoms with Crippen LogP contribution in [0.1, 0.15) is 10.4 Å². The minimum atomic E-state index is -3.81. The van der Waals surface area contributed by atoms with E-state index < -0.39 is 32.9 Å². The molecular weight excluding hydrogens is 302 g/mol. The van der Waals surface area contributed by atoms with Crippen molar-refractivity contribution in [3.63, 3.8) is 0 Å². The van der Waals surface area contributed by atoms with Crippen molar-refractivity contribution >= 4 is 27.0 Å². The number of hydrogen-bond acceptors (Lipinski definition) is 5. The van der Waals surface area contributed by atoms with E-state index in [1.807, 2.05) is 0 Å². The molecule has 0 aliphatic heterocycles. The first-order chi connectivity index (χ1) is 9.69. The molecule has 0 radical (unpaired) electrons. The molecule has 0 saturated heterocycles. The Kier molecular flexibility index (Phi) is 3.66. The Morgan fingerprint density at radius 2 is 2.00 bits per heavy atom. The van der Waals surface area contributed by atoms with Gasteiger partial charge in [-0.15, -0.1) is 0 Å². The number of hydrogen-bond donors (Lipinski definition) is 3. The SMILES string of the molecule is NS(=O)(=O)CCn1c(=O)c(=O)[nH]c2cc(C(=O)O)ccc21. The highest BCUT2D eigenvalue weighted by atomic mass is 32.2. The Balaban J connectivity index is 2.68. The highest BCUT2D eigenvalue weighted by Crippen LogP contribution is 2.11. The fourth-order valence-electron chi connectivity index (χ4n) is 1.85. The summed E-state index contributed by atoms with van der Waals surface area (Å²) in [7, 11) is -3.81. The summed E-state index contributed by atoms with van der Waals surface area (Å²) in [6.45, 7) is -0.301. The Hall–Kier alpha value is -2.46. The molecule has 0 unspecified atom stereocenters. The number of aromatic nitrogens is 2. The smallest absolute Gasteiger partial charge is 0.335 e. The van der Waals surface area contributed by atoms with Crippen molar-refractivity contribution in [2.45, 2.75) is 6.54 Å². The molecule has 0 saturated carbocycles. The van der Waals surface area contributed by atoms with Crippen LogP contribution in [0.15, 0.2) is 27.8 Å². The van der Waals surface area contributed by atoms with Crippen LogP contribution in [0.4, 0.5) is 0 Å². The van der Waals surface area contributed by atoms with Gasteiger partial charge in [-0.25, -0.2) is 18.4 Å². The number of primary sulfonamides is 1. The van der Waals surface area contributed by atoms with Gasteiger partial charge in [0.2, 0.25) is 10.0 Å². The number of carbonyl (C=O) groups is 1. The minimum Gasteiger partial charge on any atom is -0.478 e. The van der Waals surface area contributed by atoms with Gasteiger partial charge in [0.25, 0.3) is 0 Å². The maximum absolute atomic E-state index is 11.8. The van der Waals surface area contributed by atoms with E-state index in [0.29, 0.717) is 0 Å². The molecule has 2 aromatic rings. The predicted octanol–water partition coefficient (Wildman–Crippen LogP) is -1.32. The number of aryl methyl sites for hydroxylation is 1. The highest BCUT2D eigenvalue weighted by Gasteiger charge is 2.12. The van der Waals surface area contributed by atoms with Crippen LogP contribution < -0.4 is 16.3 Å². The first-order valence-corrected chi connectivity index (χ1v) is 7.41. The van der Waals surface area contributed by atoms with E-state index in [4.69, 9.17) is 10.2 Å². The molecular formula is C11H11N3O6S. The quantitative estimate of drug-likeness (QED) is 0.595. The zero-order chi connectivity index (χ0) is 15.8. The van der Waals surface area contributed by atoms with E-state index in [-0.39, 0.29) is 23.1 Å². The van der Waals surface area contributed by atoms with Gasteiger partial charge in [-0.05, 0) is 18.2 Å². The third-order valence-corrected chi connectivity index (χ3v) is 3.57. The van der Waals surface area contributed by atoms with E-state index >= 15 is 0 Å². The summed E-state index contributed by atoms with van der Waals surface area (Å²) < 4.78 is 22.9. The molecule has 2 rings (SSSR count). The number of sulfonamides is 1. The summed E-state index contributed by atoms with van der Waals surface area (Å²) in [5.74, 6) is -1.72. The number of aromatic amines is 1. The van der Waals surface area contributed by atoms with Crippen LogP contribution in [0.5, 0.6) is 0 Å². The number of fused-ring (bicyclic) bond motifs is 1. The Labute approximate surface area is 117 Å². The fraction of sp³-hybridized carbons (Fsp3) is 0.182. The van der Waals surface area contributed by atoms with Crippen LogP contribution in [0, 0.1) is 0 Å². The Bertz CT molecular complexity index is 941. The lowest BCUT2D eigenvalue weighted by molar-refractivity contribution is 0.0697. The van der Waals surface area contributed by atoms with Crippen LogP contribution >= 0.6 is 0 Å². The molecule has 1 aromatic heterocycles. The standard InChI is InChI=1S/C11H11N3O6S/c12-21(19,20)4-3-14-8-2-1-6(11(17)18)5-7(8)13-9(15)10(14)16/h1-2,5H,3-4H2,(H,13,15)(H,17,18)(H2,12,19,20). The van der Waals surface area contributed by atoms with Crippen molar-refractivity contribution in [3.8, 4) is 0 Å². The van der Waals surface area contributed by atoms with Crippen LogP contribution in [-0.4, -0.2) is 34.8 Å². The zero-order valence-corrected chi connectivity index (χ0v) is 11.4. The van der Waals surface area contributed by atoms with Gasteiger partial charge < -0.3 is 14.7 Å². The number of H-pyrrole nitrogens is 1. The number of nitrogens with zero attached hydrogens (tertiary/aromatic N) is 1. The molecule has 112 valence electrons. The summed E-state index contributed by atoms with van der Waals surface area (Å²) in [6.07, 6.45) is 0. The molecule has 0 aliphatic rings. The normalized spacial score (nSPS) is 11.7. The Morgan fingerprint density at radius 1 is 1.33 bits per heavy atom. The molecule has 21 heavy (non-hydrogen) atoms. The summed E-state index contributed by atoms with van der Waals surface area (Å²) in [5, 5.41) is 13.8. The molecule has 4 N–H and O–H groups in total. The van der Waals surface area contributed by atoms with Gasteiger partial charge in [-0.2, -0.15) is 0 Å². The van der Waals surface area contributed by atoms with E-state index in [1.54, 1.807) is 0 Å². The van der Waals surface area contributed by atoms with Gasteiger partial charge in [0.1, 0.15) is 0 Å². The third-order valence-electron chi connectivity index (χ3n) is 2.82. The second-order valence-electron chi connectivity index (χ2n) is 4.31. The van der Waals surface area contributed by atoms with Crippen molar-refractivity contribution in [1.29, 1.82) is 0 Å². The molecule has 0 bridgehead atoms. The highest BCUT2D eigenvalue weighted by molar-refractivity contribution is 7.89. The lowest BCUT2D eigenvalue weighted by atomic mass is 10.2. The lowest BCUT2D eigenvalue weighted by Gasteiger charge is -2.09. The minimum absolute atomic E-state index is 0.0743. The number of carboxylic acids is 1. The molecule has 10 heteroatoms. The van der Waals surface area contributed by atoms with Gasteiger partial charge in [-0.1, -0.05) is 0 Å². The molecule has 0 fully saturated rings. The number of nitrogens with one attached hydrogen (secondary N) is 1. The molecule has 0 amide bonds. The van der Waals surface area contributed by atoms with E-state index in [1.165, 1.54) is 18.2 Å². The van der Waals surface area contributed by atoms with Crippen molar-refractivity contribution in [1.82, 2.24) is 9.55 Å². The zero-order valence-electron chi connectivity index (χ0n) is 10.6. The van der Waals surface area contributed by atoms with Gasteiger partial charge in [-0.3, -0.25) is 9.59 Å². The number of benzene rings is 1. The average Bonchev–Trinajstić information content (AvgIpc) is 2.37. The molecule has 1 heterocycles. The van der Waals surface area contributed by atoms with Gasteiger partial charge in [0, 0.05) is 6.54 Å². The molecule has 0 atom stereocenters. The van der Waals surface area contributed by atoms with E-state index in [2.05, 4.69) is 4.98 Å². The molecule has 0 spiro atoms. The fourth-order valence-corrected chi connectivity index (χ4v) is 2.29. The molecule has 9 nitrogen and oxygen atoms in total. The maximum Gasteiger partial charge on any atom is 0.335 e. The average molecular weight is 313 g/mol. The van der Waals surface area contributed by atoms with E-state index in [9.17, 15) is 22.8 Å². The van der Waals surface area contributed by atoms with Crippen LogP contribution in [0.25, 0.3) is 11.0 Å². The number of carboxylic acid groups (broad SMARTS) is 1. The second kappa shape index (κ2) is 5.14. The second-order valence-corrected chi connectivity index (χ2v) is 6.05. The lowest BCUT2D eigenvalue weighted by Crippen LogP contribution is -2.38. The number of rotatable bonds is 4. The number of nitrogens with two attached hydrogens (primary N) is 1. The topological polar surface area (TPSA) is 152 Å². The van der Waals surface area contributed by atoms with E-state index in [0.717, 1.165) is 4.57 Å². The van der Waals surface area contributed by atoms with Gasteiger partial charge in [0.05, 0.1) is 22.3 Å². The molecule has 1 aromatic carbocycles. The van der Waals surface area contributed by atoms with Gasteiger partial charge in [0.15, 0.2) is 0 Å². The van der Waals surface area contributed by atoms with Crippen LogP contribution in [-0.2, 0) is 16.6 Å². The van der Waals surface area contributed by atoms with Crippen molar-refractivity contribution in [3.05, 3.63) is 44.5 Å². The summed E-state index contributed by atoms with van der Waals surface area (Å²) in [6, 6.07) is 3.75. The summed E-state index contributed by atoms with van der Waals surface area (Å²) in [5.41, 5.74) is -1.65. The predicted molar refractivity (Wildman–Crippen MR) is 73.8 cm³/mol.